The summed E-state index contributed by atoms with van der Waals surface area (Å²) in [7, 11) is 0. The molecule has 1 fully saturated rings. The highest BCUT2D eigenvalue weighted by molar-refractivity contribution is 9.10. The van der Waals surface area contributed by atoms with E-state index in [-0.39, 0.29) is 0 Å². The van der Waals surface area contributed by atoms with E-state index in [1.807, 2.05) is 0 Å². The van der Waals surface area contributed by atoms with Crippen LogP contribution < -0.4 is 5.73 Å². The molecule has 1 aliphatic carbocycles. The first-order valence-corrected chi connectivity index (χ1v) is 5.57. The lowest BCUT2D eigenvalue weighted by molar-refractivity contribution is 0.436. The second-order valence-corrected chi connectivity index (χ2v) is 4.41. The highest BCUT2D eigenvalue weighted by Gasteiger charge is 2.20. The van der Waals surface area contributed by atoms with E-state index in [4.69, 9.17) is 5.73 Å². The summed E-state index contributed by atoms with van der Waals surface area (Å²) in [6, 6.07) is 0. The normalized spacial score (nSPS) is 19.2. The molecule has 0 bridgehead atoms. The Morgan fingerprint density at radius 2 is 2.00 bits per heavy atom. The van der Waals surface area contributed by atoms with Gasteiger partial charge in [0.15, 0.2) is 5.95 Å². The summed E-state index contributed by atoms with van der Waals surface area (Å²) < 4.78 is 0.900. The van der Waals surface area contributed by atoms with Crippen molar-refractivity contribution in [1.82, 2.24) is 9.97 Å². The number of aromatic amines is 1. The van der Waals surface area contributed by atoms with Crippen molar-refractivity contribution in [3.05, 3.63) is 10.3 Å². The van der Waals surface area contributed by atoms with Gasteiger partial charge < -0.3 is 10.7 Å². The molecule has 0 spiro atoms. The molecule has 0 atom stereocenters. The molecule has 1 heterocycles. The maximum Gasteiger partial charge on any atom is 0.198 e. The van der Waals surface area contributed by atoms with Crippen LogP contribution in [0.15, 0.2) is 4.60 Å². The molecule has 0 saturated heterocycles. The van der Waals surface area contributed by atoms with E-state index in [1.165, 1.54) is 37.8 Å². The molecule has 13 heavy (non-hydrogen) atoms. The molecule has 3 nitrogen and oxygen atoms in total. The number of hydrogen-bond acceptors (Lipinski definition) is 2. The molecular weight excluding hydrogens is 230 g/mol. The van der Waals surface area contributed by atoms with E-state index < -0.39 is 0 Å². The number of rotatable bonds is 1. The number of nitrogen functional groups attached to an aromatic ring is 1. The summed E-state index contributed by atoms with van der Waals surface area (Å²) >= 11 is 3.43. The molecule has 72 valence electrons. The van der Waals surface area contributed by atoms with Gasteiger partial charge in [0.25, 0.3) is 0 Å². The average Bonchev–Trinajstić information content (AvgIpc) is 2.47. The minimum atomic E-state index is 0.521. The maximum absolute atomic E-state index is 5.59. The van der Waals surface area contributed by atoms with Gasteiger partial charge in [-0.05, 0) is 28.8 Å². The summed E-state index contributed by atoms with van der Waals surface area (Å²) in [6.07, 6.45) is 6.56. The molecule has 1 aliphatic rings. The van der Waals surface area contributed by atoms with Crippen molar-refractivity contribution < 1.29 is 0 Å². The van der Waals surface area contributed by atoms with E-state index in [9.17, 15) is 0 Å². The van der Waals surface area contributed by atoms with Crippen LogP contribution in [0.4, 0.5) is 5.95 Å². The van der Waals surface area contributed by atoms with Gasteiger partial charge in [-0.25, -0.2) is 4.98 Å². The molecule has 1 saturated carbocycles. The number of anilines is 1. The fourth-order valence-corrected chi connectivity index (χ4v) is 2.66. The lowest BCUT2D eigenvalue weighted by atomic mass is 9.87. The van der Waals surface area contributed by atoms with Crippen LogP contribution in [0.25, 0.3) is 0 Å². The predicted octanol–water partition coefficient (Wildman–Crippen LogP) is 2.80. The third-order valence-electron chi connectivity index (χ3n) is 2.72. The van der Waals surface area contributed by atoms with Crippen LogP contribution in [0.3, 0.4) is 0 Å². The second kappa shape index (κ2) is 3.70. The van der Waals surface area contributed by atoms with E-state index in [2.05, 4.69) is 25.9 Å². The molecule has 1 aromatic rings. The Morgan fingerprint density at radius 3 is 2.54 bits per heavy atom. The zero-order valence-electron chi connectivity index (χ0n) is 7.52. The molecule has 3 N–H and O–H groups in total. The quantitative estimate of drug-likeness (QED) is 0.798. The minimum Gasteiger partial charge on any atom is -0.369 e. The average molecular weight is 244 g/mol. The van der Waals surface area contributed by atoms with Crippen LogP contribution in [0.5, 0.6) is 0 Å². The molecule has 4 heteroatoms. The Labute approximate surface area is 86.3 Å². The lowest BCUT2D eigenvalue weighted by Gasteiger charge is -2.20. The molecule has 0 aromatic carbocycles. The number of halogens is 1. The largest absolute Gasteiger partial charge is 0.369 e. The van der Waals surface area contributed by atoms with Gasteiger partial charge in [0.1, 0.15) is 4.60 Å². The molecule has 2 rings (SSSR count). The minimum absolute atomic E-state index is 0.521. The summed E-state index contributed by atoms with van der Waals surface area (Å²) in [4.78, 5) is 7.26. The number of nitrogens with zero attached hydrogens (tertiary/aromatic N) is 1. The highest BCUT2D eigenvalue weighted by Crippen LogP contribution is 2.35. The van der Waals surface area contributed by atoms with Crippen molar-refractivity contribution in [2.24, 2.45) is 0 Å². The SMILES string of the molecule is Nc1nc(Br)c(C2CCCCC2)[nH]1. The molecule has 0 radical (unpaired) electrons. The van der Waals surface area contributed by atoms with Gasteiger partial charge in [-0.1, -0.05) is 19.3 Å². The van der Waals surface area contributed by atoms with Crippen LogP contribution in [0, 0.1) is 0 Å². The maximum atomic E-state index is 5.59. The van der Waals surface area contributed by atoms with Crippen molar-refractivity contribution in [2.45, 2.75) is 38.0 Å². The first-order chi connectivity index (χ1) is 6.27. The van der Waals surface area contributed by atoms with Gasteiger partial charge in [-0.15, -0.1) is 0 Å². The van der Waals surface area contributed by atoms with Crippen molar-refractivity contribution in [1.29, 1.82) is 0 Å². The van der Waals surface area contributed by atoms with Gasteiger partial charge in [0.2, 0.25) is 0 Å². The summed E-state index contributed by atoms with van der Waals surface area (Å²) in [5.74, 6) is 1.15. The second-order valence-electron chi connectivity index (χ2n) is 3.66. The summed E-state index contributed by atoms with van der Waals surface area (Å²) in [6.45, 7) is 0. The number of hydrogen-bond donors (Lipinski definition) is 2. The van der Waals surface area contributed by atoms with Crippen LogP contribution in [0.1, 0.15) is 43.7 Å². The standard InChI is InChI=1S/C9H14BrN3/c10-8-7(12-9(11)13-8)6-4-2-1-3-5-6/h6H,1-5H2,(H3,11,12,13). The van der Waals surface area contributed by atoms with Crippen molar-refractivity contribution in [3.63, 3.8) is 0 Å². The Morgan fingerprint density at radius 1 is 1.31 bits per heavy atom. The Balaban J connectivity index is 2.18. The van der Waals surface area contributed by atoms with Crippen molar-refractivity contribution >= 4 is 21.9 Å². The molecular formula is C9H14BrN3. The summed E-state index contributed by atoms with van der Waals surface area (Å²) in [5, 5.41) is 0. The number of nitrogens with two attached hydrogens (primary N) is 1. The zero-order valence-corrected chi connectivity index (χ0v) is 9.10. The fourth-order valence-electron chi connectivity index (χ4n) is 2.05. The fraction of sp³-hybridized carbons (Fsp3) is 0.667. The first kappa shape index (κ1) is 9.06. The molecule has 0 amide bonds. The molecule has 0 aliphatic heterocycles. The van der Waals surface area contributed by atoms with Gasteiger partial charge in [-0.2, -0.15) is 0 Å². The number of nitrogens with one attached hydrogen (secondary N) is 1. The summed E-state index contributed by atoms with van der Waals surface area (Å²) in [5.41, 5.74) is 6.78. The highest BCUT2D eigenvalue weighted by atomic mass is 79.9. The van der Waals surface area contributed by atoms with Gasteiger partial charge >= 0.3 is 0 Å². The number of H-pyrrole nitrogens is 1. The number of imidazole rings is 1. The Hall–Kier alpha value is -0.510. The monoisotopic (exact) mass is 243 g/mol. The van der Waals surface area contributed by atoms with E-state index in [0.717, 1.165) is 4.60 Å². The molecule has 1 aromatic heterocycles. The van der Waals surface area contributed by atoms with E-state index in [1.54, 1.807) is 0 Å². The zero-order chi connectivity index (χ0) is 9.26. The predicted molar refractivity (Wildman–Crippen MR) is 56.5 cm³/mol. The van der Waals surface area contributed by atoms with Crippen LogP contribution in [-0.4, -0.2) is 9.97 Å². The number of aromatic nitrogens is 2. The smallest absolute Gasteiger partial charge is 0.198 e. The third-order valence-corrected chi connectivity index (χ3v) is 3.32. The lowest BCUT2D eigenvalue weighted by Crippen LogP contribution is -2.05. The topological polar surface area (TPSA) is 54.7 Å². The third kappa shape index (κ3) is 1.88. The van der Waals surface area contributed by atoms with Crippen LogP contribution in [0.2, 0.25) is 0 Å². The van der Waals surface area contributed by atoms with E-state index in [0.29, 0.717) is 11.9 Å². The Bertz CT molecular complexity index is 289. The van der Waals surface area contributed by atoms with Crippen molar-refractivity contribution in [2.75, 3.05) is 5.73 Å². The van der Waals surface area contributed by atoms with Crippen molar-refractivity contribution in [3.8, 4) is 0 Å². The van der Waals surface area contributed by atoms with Gasteiger partial charge in [-0.3, -0.25) is 0 Å². The van der Waals surface area contributed by atoms with Crippen LogP contribution in [-0.2, 0) is 0 Å². The Kier molecular flexibility index (Phi) is 2.58. The van der Waals surface area contributed by atoms with Gasteiger partial charge in [0, 0.05) is 5.92 Å². The van der Waals surface area contributed by atoms with E-state index >= 15 is 0 Å². The van der Waals surface area contributed by atoms with Gasteiger partial charge in [0.05, 0.1) is 5.69 Å². The first-order valence-electron chi connectivity index (χ1n) is 4.78. The molecule has 0 unspecified atom stereocenters. The van der Waals surface area contributed by atoms with Crippen LogP contribution >= 0.6 is 15.9 Å².